The monoisotopic (exact) mass is 414 g/mol. The fourth-order valence-electron chi connectivity index (χ4n) is 4.00. The lowest BCUT2D eigenvalue weighted by Crippen LogP contribution is -2.26. The summed E-state index contributed by atoms with van der Waals surface area (Å²) in [4.78, 5) is 24.1. The van der Waals surface area contributed by atoms with Gasteiger partial charge in [-0.15, -0.1) is 0 Å². The molecule has 0 unspecified atom stereocenters. The lowest BCUT2D eigenvalue weighted by molar-refractivity contribution is 0.0943. The molecular weight excluding hydrogens is 387 g/mol. The number of fused-ring (bicyclic) bond motifs is 1. The number of nitrogens with two attached hydrogens (primary N) is 1. The highest BCUT2D eigenvalue weighted by Gasteiger charge is 2.25. The number of rotatable bonds is 9. The largest absolute Gasteiger partial charge is 0.496 e. The molecule has 2 aromatic rings. The van der Waals surface area contributed by atoms with Gasteiger partial charge in [0, 0.05) is 20.3 Å². The summed E-state index contributed by atoms with van der Waals surface area (Å²) in [7, 11) is 3.12. The van der Waals surface area contributed by atoms with Crippen LogP contribution in [0.1, 0.15) is 55.8 Å². The van der Waals surface area contributed by atoms with Crippen LogP contribution >= 0.6 is 0 Å². The van der Waals surface area contributed by atoms with Crippen molar-refractivity contribution in [2.75, 3.05) is 27.4 Å². The minimum absolute atomic E-state index is 0.00829. The van der Waals surface area contributed by atoms with E-state index in [9.17, 15) is 14.0 Å². The third kappa shape index (κ3) is 4.62. The van der Waals surface area contributed by atoms with Crippen LogP contribution in [0.3, 0.4) is 0 Å². The minimum Gasteiger partial charge on any atom is -0.496 e. The zero-order chi connectivity index (χ0) is 21.7. The van der Waals surface area contributed by atoms with Crippen LogP contribution in [0.25, 0.3) is 0 Å². The van der Waals surface area contributed by atoms with Crippen molar-refractivity contribution in [1.82, 2.24) is 5.32 Å². The van der Waals surface area contributed by atoms with Crippen LogP contribution in [0, 0.1) is 5.82 Å². The second-order valence-corrected chi connectivity index (χ2v) is 7.38. The number of ether oxygens (including phenoxy) is 2. The van der Waals surface area contributed by atoms with Gasteiger partial charge >= 0.3 is 0 Å². The molecule has 2 aromatic carbocycles. The van der Waals surface area contributed by atoms with Crippen molar-refractivity contribution in [1.29, 1.82) is 0 Å². The molecule has 0 aromatic heterocycles. The van der Waals surface area contributed by atoms with Gasteiger partial charge in [0.2, 0.25) is 0 Å². The van der Waals surface area contributed by atoms with E-state index < -0.39 is 17.6 Å². The van der Waals surface area contributed by atoms with Crippen LogP contribution < -0.4 is 15.8 Å². The Morgan fingerprint density at radius 2 is 1.90 bits per heavy atom. The molecule has 0 radical (unpaired) electrons. The molecule has 0 saturated heterocycles. The second-order valence-electron chi connectivity index (χ2n) is 7.38. The van der Waals surface area contributed by atoms with Gasteiger partial charge in [0.1, 0.15) is 11.6 Å². The summed E-state index contributed by atoms with van der Waals surface area (Å²) in [6.07, 6.45) is 3.77. The molecule has 0 atom stereocenters. The molecule has 2 amide bonds. The summed E-state index contributed by atoms with van der Waals surface area (Å²) >= 11 is 0. The maximum Gasteiger partial charge on any atom is 0.254 e. The molecule has 7 heteroatoms. The van der Waals surface area contributed by atoms with E-state index in [0.717, 1.165) is 41.5 Å². The van der Waals surface area contributed by atoms with E-state index >= 15 is 0 Å². The van der Waals surface area contributed by atoms with E-state index in [1.54, 1.807) is 19.2 Å². The molecule has 0 heterocycles. The van der Waals surface area contributed by atoms with Gasteiger partial charge in [-0.3, -0.25) is 9.59 Å². The SMILES string of the molecule is COCCCNC(=O)c1ccc(Cc2cc(C(N)=O)c(OC)c3c2CCC3)cc1F. The summed E-state index contributed by atoms with van der Waals surface area (Å²) in [5.74, 6) is -1.02. The van der Waals surface area contributed by atoms with Crippen LogP contribution in [-0.2, 0) is 24.0 Å². The van der Waals surface area contributed by atoms with Gasteiger partial charge in [0.15, 0.2) is 0 Å². The molecule has 3 N–H and O–H groups in total. The van der Waals surface area contributed by atoms with Crippen molar-refractivity contribution < 1.29 is 23.5 Å². The van der Waals surface area contributed by atoms with Crippen molar-refractivity contribution in [2.24, 2.45) is 5.73 Å². The fraction of sp³-hybridized carbons (Fsp3) is 0.391. The highest BCUT2D eigenvalue weighted by molar-refractivity contribution is 5.97. The van der Waals surface area contributed by atoms with Gasteiger partial charge < -0.3 is 20.5 Å². The Bertz CT molecular complexity index is 959. The number of benzene rings is 2. The van der Waals surface area contributed by atoms with Crippen molar-refractivity contribution in [3.63, 3.8) is 0 Å². The number of carbonyl (C=O) groups excluding carboxylic acids is 2. The zero-order valence-corrected chi connectivity index (χ0v) is 17.3. The molecule has 0 saturated carbocycles. The maximum absolute atomic E-state index is 14.6. The Balaban J connectivity index is 1.83. The smallest absolute Gasteiger partial charge is 0.254 e. The number of hydrogen-bond donors (Lipinski definition) is 2. The molecule has 6 nitrogen and oxygen atoms in total. The Labute approximate surface area is 175 Å². The predicted molar refractivity (Wildman–Crippen MR) is 112 cm³/mol. The molecule has 160 valence electrons. The van der Waals surface area contributed by atoms with E-state index in [-0.39, 0.29) is 5.56 Å². The van der Waals surface area contributed by atoms with Gasteiger partial charge in [-0.1, -0.05) is 6.07 Å². The number of hydrogen-bond acceptors (Lipinski definition) is 4. The van der Waals surface area contributed by atoms with Crippen LogP contribution in [0.5, 0.6) is 5.75 Å². The third-order valence-electron chi connectivity index (χ3n) is 5.40. The molecule has 0 aliphatic heterocycles. The van der Waals surface area contributed by atoms with Gasteiger partial charge in [0.05, 0.1) is 18.2 Å². The van der Waals surface area contributed by atoms with Gasteiger partial charge in [-0.05, 0) is 72.6 Å². The molecule has 0 bridgehead atoms. The lowest BCUT2D eigenvalue weighted by atomic mass is 9.93. The molecule has 0 spiro atoms. The summed E-state index contributed by atoms with van der Waals surface area (Å²) in [6, 6.07) is 6.36. The van der Waals surface area contributed by atoms with E-state index in [2.05, 4.69) is 5.32 Å². The zero-order valence-electron chi connectivity index (χ0n) is 17.3. The number of nitrogens with one attached hydrogen (secondary N) is 1. The average molecular weight is 414 g/mol. The molecule has 1 aliphatic carbocycles. The quantitative estimate of drug-likeness (QED) is 0.618. The van der Waals surface area contributed by atoms with Crippen molar-refractivity contribution in [3.05, 3.63) is 63.5 Å². The first kappa shape index (κ1) is 21.8. The fourth-order valence-corrected chi connectivity index (χ4v) is 4.00. The minimum atomic E-state index is -0.572. The number of carbonyl (C=O) groups is 2. The van der Waals surface area contributed by atoms with Crippen molar-refractivity contribution in [3.8, 4) is 5.75 Å². The van der Waals surface area contributed by atoms with Crippen molar-refractivity contribution >= 4 is 11.8 Å². The molecule has 3 rings (SSSR count). The topological polar surface area (TPSA) is 90.6 Å². The van der Waals surface area contributed by atoms with Gasteiger partial charge in [-0.25, -0.2) is 4.39 Å². The predicted octanol–water partition coefficient (Wildman–Crippen LogP) is 2.78. The first-order valence-corrected chi connectivity index (χ1v) is 10.0. The van der Waals surface area contributed by atoms with Crippen molar-refractivity contribution in [2.45, 2.75) is 32.1 Å². The molecule has 0 fully saturated rings. The molecule has 30 heavy (non-hydrogen) atoms. The maximum atomic E-state index is 14.6. The number of methoxy groups -OCH3 is 2. The first-order chi connectivity index (χ1) is 14.5. The average Bonchev–Trinajstić information content (AvgIpc) is 3.21. The normalized spacial score (nSPS) is 12.5. The van der Waals surface area contributed by atoms with Gasteiger partial charge in [0.25, 0.3) is 11.8 Å². The molecule has 1 aliphatic rings. The van der Waals surface area contributed by atoms with E-state index in [4.69, 9.17) is 15.2 Å². The van der Waals surface area contributed by atoms with Crippen LogP contribution in [-0.4, -0.2) is 39.2 Å². The van der Waals surface area contributed by atoms with Crippen LogP contribution in [0.4, 0.5) is 4.39 Å². The summed E-state index contributed by atoms with van der Waals surface area (Å²) in [5, 5.41) is 2.69. The Kier molecular flexibility index (Phi) is 7.05. The Morgan fingerprint density at radius 3 is 2.57 bits per heavy atom. The molecular formula is C23H27FN2O4. The van der Waals surface area contributed by atoms with Crippen LogP contribution in [0.15, 0.2) is 24.3 Å². The summed E-state index contributed by atoms with van der Waals surface area (Å²) in [5.41, 5.74) is 9.71. The first-order valence-electron chi connectivity index (χ1n) is 10.0. The highest BCUT2D eigenvalue weighted by atomic mass is 19.1. The van der Waals surface area contributed by atoms with E-state index in [1.165, 1.54) is 19.2 Å². The van der Waals surface area contributed by atoms with Gasteiger partial charge in [-0.2, -0.15) is 0 Å². The Morgan fingerprint density at radius 1 is 1.13 bits per heavy atom. The second kappa shape index (κ2) is 9.71. The van der Waals surface area contributed by atoms with Crippen LogP contribution in [0.2, 0.25) is 0 Å². The number of amides is 2. The Hall–Kier alpha value is -2.93. The summed E-state index contributed by atoms with van der Waals surface area (Å²) < 4.78 is 25.0. The number of primary amides is 1. The number of halogens is 1. The third-order valence-corrected chi connectivity index (χ3v) is 5.40. The van der Waals surface area contributed by atoms with E-state index in [0.29, 0.717) is 37.3 Å². The summed E-state index contributed by atoms with van der Waals surface area (Å²) in [6.45, 7) is 0.947. The lowest BCUT2D eigenvalue weighted by Gasteiger charge is -2.16. The standard InChI is InChI=1S/C23H27FN2O4/c1-29-10-4-9-26-23(28)18-8-7-14(12-20(18)24)11-15-13-19(22(25)27)21(30-2)17-6-3-5-16(15)17/h7-8,12-13H,3-6,9-11H2,1-2H3,(H2,25,27)(H,26,28). The van der Waals surface area contributed by atoms with E-state index in [1.807, 2.05) is 0 Å². The highest BCUT2D eigenvalue weighted by Crippen LogP contribution is 2.37.